The fraction of sp³-hybridized carbons (Fsp3) is 0.250. The number of nitrogens with zero attached hydrogens (tertiary/aromatic N) is 1. The number of rotatable bonds is 7. The maximum Gasteiger partial charge on any atom is 0.338 e. The largest absolute Gasteiger partial charge is 0.496 e. The number of hydrogen-bond donors (Lipinski definition) is 1. The molecule has 2 aromatic rings. The molecule has 7 nitrogen and oxygen atoms in total. The summed E-state index contributed by atoms with van der Waals surface area (Å²) in [5, 5.41) is 9.68. The fourth-order valence-electron chi connectivity index (χ4n) is 3.51. The van der Waals surface area contributed by atoms with Crippen LogP contribution in [0.2, 0.25) is 5.02 Å². The van der Waals surface area contributed by atoms with Crippen LogP contribution in [-0.2, 0) is 20.9 Å². The third-order valence-electron chi connectivity index (χ3n) is 5.02. The first-order chi connectivity index (χ1) is 15.8. The molecule has 0 saturated heterocycles. The molecule has 2 N–H and O–H groups in total. The zero-order valence-corrected chi connectivity index (χ0v) is 19.0. The molecule has 0 fully saturated rings. The van der Waals surface area contributed by atoms with Crippen molar-refractivity contribution in [1.82, 2.24) is 0 Å². The summed E-state index contributed by atoms with van der Waals surface area (Å²) in [6, 6.07) is 11.2. The van der Waals surface area contributed by atoms with Crippen LogP contribution in [0.15, 0.2) is 59.2 Å². The summed E-state index contributed by atoms with van der Waals surface area (Å²) >= 11 is 5.82. The van der Waals surface area contributed by atoms with E-state index in [1.165, 1.54) is 25.3 Å². The molecule has 1 heterocycles. The third-order valence-corrected chi connectivity index (χ3v) is 5.31. The maximum atomic E-state index is 13.4. The van der Waals surface area contributed by atoms with Crippen LogP contribution in [0.4, 0.5) is 4.39 Å². The lowest BCUT2D eigenvalue weighted by Gasteiger charge is -2.27. The molecule has 0 aliphatic carbocycles. The number of hydrogen-bond acceptors (Lipinski definition) is 7. The van der Waals surface area contributed by atoms with Crippen molar-refractivity contribution in [3.05, 3.63) is 81.2 Å². The van der Waals surface area contributed by atoms with Gasteiger partial charge in [-0.2, -0.15) is 5.26 Å². The average Bonchev–Trinajstić information content (AvgIpc) is 2.79. The van der Waals surface area contributed by atoms with E-state index in [1.807, 2.05) is 6.07 Å². The Hall–Kier alpha value is -3.70. The van der Waals surface area contributed by atoms with Crippen molar-refractivity contribution in [2.24, 2.45) is 5.73 Å². The minimum Gasteiger partial charge on any atom is -0.496 e. The van der Waals surface area contributed by atoms with Crippen molar-refractivity contribution in [1.29, 1.82) is 5.26 Å². The number of carbonyl (C=O) groups is 1. The molecule has 0 amide bonds. The zero-order chi connectivity index (χ0) is 24.1. The molecular weight excluding hydrogens is 451 g/mol. The molecule has 9 heteroatoms. The SMILES string of the molecule is CCOC(=O)C1=C(C)OC(N)=C(C#N)C1c1ccc(OC)c(COc2ccc(F)c(Cl)c2)c1. The highest BCUT2D eigenvalue weighted by atomic mass is 35.5. The molecule has 0 aromatic heterocycles. The van der Waals surface area contributed by atoms with E-state index in [9.17, 15) is 14.4 Å². The van der Waals surface area contributed by atoms with E-state index in [1.54, 1.807) is 32.0 Å². The second kappa shape index (κ2) is 10.3. The van der Waals surface area contributed by atoms with E-state index in [-0.39, 0.29) is 41.0 Å². The zero-order valence-electron chi connectivity index (χ0n) is 18.3. The average molecular weight is 473 g/mol. The van der Waals surface area contributed by atoms with Gasteiger partial charge in [-0.05, 0) is 43.7 Å². The van der Waals surface area contributed by atoms with E-state index in [0.717, 1.165) is 0 Å². The molecule has 1 aliphatic heterocycles. The number of allylic oxidation sites excluding steroid dienone is 2. The van der Waals surface area contributed by atoms with Gasteiger partial charge >= 0.3 is 5.97 Å². The molecule has 1 atom stereocenters. The Morgan fingerprint density at radius 3 is 2.70 bits per heavy atom. The summed E-state index contributed by atoms with van der Waals surface area (Å²) in [6.45, 7) is 3.49. The molecule has 2 aromatic carbocycles. The number of ether oxygens (including phenoxy) is 4. The number of halogens is 2. The number of carbonyl (C=O) groups excluding carboxylic acids is 1. The van der Waals surface area contributed by atoms with Crippen molar-refractivity contribution < 1.29 is 28.1 Å². The van der Waals surface area contributed by atoms with Gasteiger partial charge in [0.15, 0.2) is 0 Å². The van der Waals surface area contributed by atoms with Gasteiger partial charge in [0.05, 0.1) is 30.2 Å². The normalized spacial score (nSPS) is 15.6. The minimum absolute atomic E-state index is 0.0563. The van der Waals surface area contributed by atoms with Crippen molar-refractivity contribution in [2.75, 3.05) is 13.7 Å². The van der Waals surface area contributed by atoms with Crippen molar-refractivity contribution in [2.45, 2.75) is 26.4 Å². The summed E-state index contributed by atoms with van der Waals surface area (Å²) in [5.41, 5.74) is 7.45. The van der Waals surface area contributed by atoms with E-state index in [4.69, 9.17) is 36.3 Å². The second-order valence-electron chi connectivity index (χ2n) is 7.05. The Labute approximate surface area is 195 Å². The van der Waals surface area contributed by atoms with Crippen LogP contribution in [-0.4, -0.2) is 19.7 Å². The van der Waals surface area contributed by atoms with Gasteiger partial charge < -0.3 is 24.7 Å². The van der Waals surface area contributed by atoms with Crippen LogP contribution in [0.25, 0.3) is 0 Å². The van der Waals surface area contributed by atoms with Crippen LogP contribution in [0.5, 0.6) is 11.5 Å². The molecular formula is C24H22ClFN2O5. The molecule has 0 bridgehead atoms. The van der Waals surface area contributed by atoms with Gasteiger partial charge in [-0.25, -0.2) is 9.18 Å². The van der Waals surface area contributed by atoms with Gasteiger partial charge in [-0.15, -0.1) is 0 Å². The molecule has 33 heavy (non-hydrogen) atoms. The number of methoxy groups -OCH3 is 1. The third kappa shape index (κ3) is 5.04. The van der Waals surface area contributed by atoms with Crippen molar-refractivity contribution >= 4 is 17.6 Å². The quantitative estimate of drug-likeness (QED) is 0.582. The number of nitriles is 1. The van der Waals surface area contributed by atoms with Gasteiger partial charge in [0.2, 0.25) is 5.88 Å². The predicted molar refractivity (Wildman–Crippen MR) is 119 cm³/mol. The van der Waals surface area contributed by atoms with Gasteiger partial charge in [0, 0.05) is 11.6 Å². The van der Waals surface area contributed by atoms with Crippen LogP contribution in [0, 0.1) is 17.1 Å². The molecule has 172 valence electrons. The van der Waals surface area contributed by atoms with Crippen LogP contribution in [0.1, 0.15) is 30.9 Å². The molecule has 1 unspecified atom stereocenters. The number of nitrogens with two attached hydrogens (primary N) is 1. The van der Waals surface area contributed by atoms with Gasteiger partial charge in [-0.3, -0.25) is 0 Å². The molecule has 3 rings (SSSR count). The lowest BCUT2D eigenvalue weighted by molar-refractivity contribution is -0.139. The molecule has 0 saturated carbocycles. The van der Waals surface area contributed by atoms with E-state index in [2.05, 4.69) is 0 Å². The highest BCUT2D eigenvalue weighted by Crippen LogP contribution is 2.41. The second-order valence-corrected chi connectivity index (χ2v) is 7.46. The lowest BCUT2D eigenvalue weighted by atomic mass is 9.82. The first-order valence-electron chi connectivity index (χ1n) is 10.0. The van der Waals surface area contributed by atoms with Crippen LogP contribution < -0.4 is 15.2 Å². The smallest absolute Gasteiger partial charge is 0.338 e. The summed E-state index contributed by atoms with van der Waals surface area (Å²) in [7, 11) is 1.51. The van der Waals surface area contributed by atoms with E-state index >= 15 is 0 Å². The highest BCUT2D eigenvalue weighted by molar-refractivity contribution is 6.30. The van der Waals surface area contributed by atoms with Gasteiger partial charge in [-0.1, -0.05) is 17.7 Å². The van der Waals surface area contributed by atoms with Crippen molar-refractivity contribution in [3.8, 4) is 17.6 Å². The molecule has 0 spiro atoms. The monoisotopic (exact) mass is 472 g/mol. The highest BCUT2D eigenvalue weighted by Gasteiger charge is 2.36. The Kier molecular flexibility index (Phi) is 7.46. The van der Waals surface area contributed by atoms with Gasteiger partial charge in [0.25, 0.3) is 0 Å². The molecule has 1 aliphatic rings. The topological polar surface area (TPSA) is 104 Å². The Bertz CT molecular complexity index is 1190. The molecule has 0 radical (unpaired) electrons. The van der Waals surface area contributed by atoms with Crippen LogP contribution in [0.3, 0.4) is 0 Å². The van der Waals surface area contributed by atoms with E-state index in [0.29, 0.717) is 22.6 Å². The first kappa shape index (κ1) is 24.0. The fourth-order valence-corrected chi connectivity index (χ4v) is 3.68. The van der Waals surface area contributed by atoms with E-state index < -0.39 is 17.7 Å². The standard InChI is InChI=1S/C24H22ClFN2O5/c1-4-31-24(29)21-13(2)33-23(28)17(11-27)22(21)14-5-8-20(30-3)15(9-14)12-32-16-6-7-19(26)18(25)10-16/h5-10,22H,4,12,28H2,1-3H3. The maximum absolute atomic E-state index is 13.4. The summed E-state index contributed by atoms with van der Waals surface area (Å²) in [6.07, 6.45) is 0. The summed E-state index contributed by atoms with van der Waals surface area (Å²) in [4.78, 5) is 12.7. The van der Waals surface area contributed by atoms with Crippen molar-refractivity contribution in [3.63, 3.8) is 0 Å². The Morgan fingerprint density at radius 2 is 2.06 bits per heavy atom. The number of benzene rings is 2. The Balaban J connectivity index is 2.02. The Morgan fingerprint density at radius 1 is 1.30 bits per heavy atom. The predicted octanol–water partition coefficient (Wildman–Crippen LogP) is 4.71. The number of esters is 1. The van der Waals surface area contributed by atoms with Crippen LogP contribution >= 0.6 is 11.6 Å². The summed E-state index contributed by atoms with van der Waals surface area (Å²) in [5.74, 6) is -0.891. The van der Waals surface area contributed by atoms with Gasteiger partial charge in [0.1, 0.15) is 41.3 Å². The first-order valence-corrected chi connectivity index (χ1v) is 10.4. The summed E-state index contributed by atoms with van der Waals surface area (Å²) < 4.78 is 35.3. The lowest BCUT2D eigenvalue weighted by Crippen LogP contribution is -2.25. The minimum atomic E-state index is -0.798.